The predicted molar refractivity (Wildman–Crippen MR) is 107 cm³/mol. The van der Waals surface area contributed by atoms with Gasteiger partial charge in [-0.25, -0.2) is 0 Å². The zero-order valence-electron chi connectivity index (χ0n) is 19.7. The molecule has 2 saturated heterocycles. The lowest BCUT2D eigenvalue weighted by atomic mass is 9.98. The number of carbonyl (C=O) groups excluding carboxylic acids is 4. The first-order valence-corrected chi connectivity index (χ1v) is 10.6. The zero-order valence-corrected chi connectivity index (χ0v) is 19.7. The van der Waals surface area contributed by atoms with Gasteiger partial charge in [-0.1, -0.05) is 0 Å². The Hall–Kier alpha value is -2.28. The molecule has 0 aliphatic carbocycles. The standard InChI is InChI=1S/C21H32O12/c1-11(22)26-10-16-17(30-12(2)23)18(31-13(3)24)19(32-14(4)25)20(33-16)27-7-15-8-28-21(5,6)29-9-15/h15-20H,7-10H2,1-6H3/t16-,17+,18+,19-,20-/m1/s1. The second-order valence-corrected chi connectivity index (χ2v) is 8.29. The van der Waals surface area contributed by atoms with E-state index < -0.39 is 60.4 Å². The summed E-state index contributed by atoms with van der Waals surface area (Å²) < 4.78 is 44.0. The first-order valence-electron chi connectivity index (χ1n) is 10.6. The molecule has 0 spiro atoms. The molecule has 0 aromatic carbocycles. The van der Waals surface area contributed by atoms with E-state index in [9.17, 15) is 19.2 Å². The van der Waals surface area contributed by atoms with Gasteiger partial charge in [0, 0.05) is 33.6 Å². The fraction of sp³-hybridized carbons (Fsp3) is 0.810. The monoisotopic (exact) mass is 476 g/mol. The molecular weight excluding hydrogens is 444 g/mol. The van der Waals surface area contributed by atoms with Gasteiger partial charge in [0.1, 0.15) is 12.7 Å². The molecule has 2 fully saturated rings. The molecule has 33 heavy (non-hydrogen) atoms. The Balaban J connectivity index is 2.25. The molecule has 0 N–H and O–H groups in total. The quantitative estimate of drug-likeness (QED) is 0.355. The molecule has 0 aromatic heterocycles. The van der Waals surface area contributed by atoms with Crippen molar-refractivity contribution in [2.24, 2.45) is 5.92 Å². The van der Waals surface area contributed by atoms with Crippen molar-refractivity contribution in [3.63, 3.8) is 0 Å². The van der Waals surface area contributed by atoms with Gasteiger partial charge in [0.2, 0.25) is 0 Å². The molecule has 0 amide bonds. The minimum absolute atomic E-state index is 0.101. The third kappa shape index (κ3) is 8.54. The number of hydrogen-bond donors (Lipinski definition) is 0. The summed E-state index contributed by atoms with van der Waals surface area (Å²) in [6.07, 6.45) is -6.03. The van der Waals surface area contributed by atoms with Gasteiger partial charge < -0.3 is 37.9 Å². The highest BCUT2D eigenvalue weighted by molar-refractivity contribution is 5.68. The van der Waals surface area contributed by atoms with Crippen molar-refractivity contribution >= 4 is 23.9 Å². The van der Waals surface area contributed by atoms with Gasteiger partial charge in [0.25, 0.3) is 0 Å². The van der Waals surface area contributed by atoms with E-state index in [0.29, 0.717) is 13.2 Å². The van der Waals surface area contributed by atoms with Crippen LogP contribution >= 0.6 is 0 Å². The molecule has 2 aliphatic rings. The molecule has 2 heterocycles. The molecule has 5 atom stereocenters. The summed E-state index contributed by atoms with van der Waals surface area (Å²) >= 11 is 0. The van der Waals surface area contributed by atoms with Crippen LogP contribution in [0, 0.1) is 5.92 Å². The Morgan fingerprint density at radius 1 is 0.758 bits per heavy atom. The van der Waals surface area contributed by atoms with E-state index in [1.807, 2.05) is 0 Å². The maximum Gasteiger partial charge on any atom is 0.303 e. The number of rotatable bonds is 8. The van der Waals surface area contributed by atoms with E-state index in [-0.39, 0.29) is 19.1 Å². The van der Waals surface area contributed by atoms with E-state index in [0.717, 1.165) is 13.8 Å². The molecule has 0 bridgehead atoms. The van der Waals surface area contributed by atoms with E-state index >= 15 is 0 Å². The van der Waals surface area contributed by atoms with Crippen LogP contribution in [-0.2, 0) is 57.1 Å². The lowest BCUT2D eigenvalue weighted by molar-refractivity contribution is -0.318. The number of hydrogen-bond acceptors (Lipinski definition) is 12. The predicted octanol–water partition coefficient (Wildman–Crippen LogP) is 0.485. The molecule has 188 valence electrons. The van der Waals surface area contributed by atoms with Crippen LogP contribution in [0.15, 0.2) is 0 Å². The largest absolute Gasteiger partial charge is 0.463 e. The Kier molecular flexibility index (Phi) is 9.58. The molecule has 0 radical (unpaired) electrons. The third-order valence-corrected chi connectivity index (χ3v) is 4.78. The van der Waals surface area contributed by atoms with Crippen molar-refractivity contribution < 1.29 is 57.1 Å². The summed E-state index contributed by atoms with van der Waals surface area (Å²) in [5.74, 6) is -3.55. The molecule has 0 saturated carbocycles. The molecule has 2 rings (SSSR count). The molecule has 2 aliphatic heterocycles. The summed E-state index contributed by atoms with van der Waals surface area (Å²) in [7, 11) is 0. The molecule has 12 heteroatoms. The van der Waals surface area contributed by atoms with E-state index in [2.05, 4.69) is 0 Å². The summed E-state index contributed by atoms with van der Waals surface area (Å²) in [5.41, 5.74) is 0. The topological polar surface area (TPSA) is 142 Å². The highest BCUT2D eigenvalue weighted by Crippen LogP contribution is 2.31. The molecule has 0 unspecified atom stereocenters. The summed E-state index contributed by atoms with van der Waals surface area (Å²) in [5, 5.41) is 0. The number of esters is 4. The van der Waals surface area contributed by atoms with E-state index in [4.69, 9.17) is 37.9 Å². The van der Waals surface area contributed by atoms with Gasteiger partial charge in [-0.05, 0) is 13.8 Å². The van der Waals surface area contributed by atoms with E-state index in [1.54, 1.807) is 13.8 Å². The van der Waals surface area contributed by atoms with Crippen LogP contribution in [-0.4, -0.2) is 86.8 Å². The van der Waals surface area contributed by atoms with Crippen LogP contribution < -0.4 is 0 Å². The van der Waals surface area contributed by atoms with Crippen LogP contribution in [0.2, 0.25) is 0 Å². The Labute approximate surface area is 192 Å². The second kappa shape index (κ2) is 11.7. The number of ether oxygens (including phenoxy) is 8. The van der Waals surface area contributed by atoms with Crippen LogP contribution in [0.3, 0.4) is 0 Å². The van der Waals surface area contributed by atoms with Crippen LogP contribution in [0.4, 0.5) is 0 Å². The maximum atomic E-state index is 11.8. The first-order chi connectivity index (χ1) is 15.4. The van der Waals surface area contributed by atoms with E-state index in [1.165, 1.54) is 13.8 Å². The average molecular weight is 476 g/mol. The fourth-order valence-electron chi connectivity index (χ4n) is 3.38. The van der Waals surface area contributed by atoms with Gasteiger partial charge in [-0.3, -0.25) is 19.2 Å². The summed E-state index contributed by atoms with van der Waals surface area (Å²) in [4.78, 5) is 46.7. The third-order valence-electron chi connectivity index (χ3n) is 4.78. The Morgan fingerprint density at radius 2 is 1.27 bits per heavy atom. The SMILES string of the molecule is CC(=O)OC[C@H]1O[C@@H](OCC2COC(C)(C)OC2)[C@H](OC(C)=O)[C@@H](OC(C)=O)[C@H]1OC(C)=O. The van der Waals surface area contributed by atoms with Crippen molar-refractivity contribution in [1.82, 2.24) is 0 Å². The van der Waals surface area contributed by atoms with Crippen LogP contribution in [0.25, 0.3) is 0 Å². The lowest BCUT2D eigenvalue weighted by Crippen LogP contribution is -2.63. The normalized spacial score (nSPS) is 29.6. The second-order valence-electron chi connectivity index (χ2n) is 8.29. The zero-order chi connectivity index (χ0) is 24.8. The van der Waals surface area contributed by atoms with Gasteiger partial charge in [0.15, 0.2) is 30.4 Å². The Bertz CT molecular complexity index is 710. The van der Waals surface area contributed by atoms with Crippen molar-refractivity contribution in [2.75, 3.05) is 26.4 Å². The molecule has 0 aromatic rings. The van der Waals surface area contributed by atoms with Gasteiger partial charge in [-0.15, -0.1) is 0 Å². The van der Waals surface area contributed by atoms with Gasteiger partial charge in [-0.2, -0.15) is 0 Å². The highest BCUT2D eigenvalue weighted by atomic mass is 16.7. The van der Waals surface area contributed by atoms with Gasteiger partial charge in [0.05, 0.1) is 19.8 Å². The minimum Gasteiger partial charge on any atom is -0.463 e. The smallest absolute Gasteiger partial charge is 0.303 e. The molecular formula is C21H32O12. The Morgan fingerprint density at radius 3 is 1.79 bits per heavy atom. The first kappa shape index (κ1) is 27.0. The number of carbonyl (C=O) groups is 4. The van der Waals surface area contributed by atoms with Crippen molar-refractivity contribution in [2.45, 2.75) is 78.0 Å². The minimum atomic E-state index is -1.27. The highest BCUT2D eigenvalue weighted by Gasteiger charge is 2.53. The van der Waals surface area contributed by atoms with Crippen LogP contribution in [0.1, 0.15) is 41.5 Å². The fourth-order valence-corrected chi connectivity index (χ4v) is 3.38. The summed E-state index contributed by atoms with van der Waals surface area (Å²) in [6, 6.07) is 0. The lowest BCUT2D eigenvalue weighted by Gasteiger charge is -2.44. The van der Waals surface area contributed by atoms with Crippen molar-refractivity contribution in [3.8, 4) is 0 Å². The summed E-state index contributed by atoms with van der Waals surface area (Å²) in [6.45, 7) is 8.77. The molecule has 12 nitrogen and oxygen atoms in total. The van der Waals surface area contributed by atoms with Crippen molar-refractivity contribution in [3.05, 3.63) is 0 Å². The van der Waals surface area contributed by atoms with Gasteiger partial charge >= 0.3 is 23.9 Å². The average Bonchev–Trinajstić information content (AvgIpc) is 2.68. The van der Waals surface area contributed by atoms with Crippen LogP contribution in [0.5, 0.6) is 0 Å². The van der Waals surface area contributed by atoms with Crippen molar-refractivity contribution in [1.29, 1.82) is 0 Å². The maximum absolute atomic E-state index is 11.8.